The average Bonchev–Trinajstić information content (AvgIpc) is 2.80. The molecule has 1 aliphatic rings. The Bertz CT molecular complexity index is 986. The van der Waals surface area contributed by atoms with Crippen LogP contribution in [-0.2, 0) is 16.8 Å². The Morgan fingerprint density at radius 1 is 1.06 bits per heavy atom. The third kappa shape index (κ3) is 5.29. The smallest absolute Gasteiger partial charge is 0.295 e. The van der Waals surface area contributed by atoms with Gasteiger partial charge in [-0.3, -0.25) is 19.4 Å². The van der Waals surface area contributed by atoms with Gasteiger partial charge < -0.3 is 0 Å². The van der Waals surface area contributed by atoms with E-state index in [2.05, 4.69) is 31.1 Å². The summed E-state index contributed by atoms with van der Waals surface area (Å²) in [5.74, 6) is 4.80. The van der Waals surface area contributed by atoms with E-state index >= 15 is 0 Å². The summed E-state index contributed by atoms with van der Waals surface area (Å²) in [6, 6.07) is 16.2. The number of carbonyl (C=O) groups excluding carboxylic acids is 1. The Hall–Kier alpha value is -2.46. The molecule has 0 aromatic heterocycles. The number of nitrogen functional groups attached to an aromatic ring is 1. The van der Waals surface area contributed by atoms with Gasteiger partial charge in [0, 0.05) is 30.7 Å². The monoisotopic (exact) mass is 459 g/mol. The number of benzene rings is 2. The Balaban J connectivity index is 1.89. The summed E-state index contributed by atoms with van der Waals surface area (Å²) in [5.41, 5.74) is 3.90. The van der Waals surface area contributed by atoms with Crippen molar-refractivity contribution in [2.24, 2.45) is 5.84 Å². The van der Waals surface area contributed by atoms with Crippen LogP contribution in [0.1, 0.15) is 43.1 Å². The molecule has 8 nitrogen and oxygen atoms in total. The highest BCUT2D eigenvalue weighted by Gasteiger charge is 2.38. The van der Waals surface area contributed by atoms with Crippen LogP contribution in [0.3, 0.4) is 0 Å². The molecule has 0 radical (unpaired) electrons. The largest absolute Gasteiger partial charge is 0.304 e. The van der Waals surface area contributed by atoms with E-state index < -0.39 is 16.1 Å². The van der Waals surface area contributed by atoms with Crippen LogP contribution in [0.5, 0.6) is 0 Å². The zero-order chi connectivity index (χ0) is 23.3. The SMILES string of the molecule is CCCN1[C@H](C)CN(S(=O)(=O)N(Cc2ccc(C(=O)NN)cc2)c2ccccc2)C[C@@H]1C. The molecule has 9 heteroatoms. The van der Waals surface area contributed by atoms with E-state index in [1.807, 2.05) is 18.2 Å². The first-order chi connectivity index (χ1) is 15.3. The van der Waals surface area contributed by atoms with Crippen molar-refractivity contribution in [2.45, 2.75) is 45.8 Å². The molecule has 0 aliphatic carbocycles. The highest BCUT2D eigenvalue weighted by molar-refractivity contribution is 7.90. The lowest BCUT2D eigenvalue weighted by molar-refractivity contribution is 0.0772. The normalized spacial score (nSPS) is 20.1. The zero-order valence-corrected chi connectivity index (χ0v) is 19.8. The number of nitrogens with one attached hydrogen (secondary N) is 1. The molecular formula is C23H33N5O3S. The van der Waals surface area contributed by atoms with E-state index in [4.69, 9.17) is 5.84 Å². The summed E-state index contributed by atoms with van der Waals surface area (Å²) in [6.45, 7) is 8.33. The Morgan fingerprint density at radius 3 is 2.19 bits per heavy atom. The van der Waals surface area contributed by atoms with Gasteiger partial charge in [0.2, 0.25) is 0 Å². The lowest BCUT2D eigenvalue weighted by Gasteiger charge is -2.45. The van der Waals surface area contributed by atoms with Crippen molar-refractivity contribution >= 4 is 21.8 Å². The fourth-order valence-electron chi connectivity index (χ4n) is 4.25. The second-order valence-electron chi connectivity index (χ2n) is 8.27. The number of amides is 1. The standard InChI is InChI=1S/C23H33N5O3S/c1-4-14-27-18(2)15-26(16-19(27)3)32(30,31)28(22-8-6-5-7-9-22)17-20-10-12-21(13-11-20)23(29)25-24/h5-13,18-19H,4,14-17,24H2,1-3H3,(H,25,29)/t18-,19+. The van der Waals surface area contributed by atoms with Crippen molar-refractivity contribution in [3.63, 3.8) is 0 Å². The summed E-state index contributed by atoms with van der Waals surface area (Å²) in [7, 11) is -3.77. The Kier molecular flexibility index (Phi) is 7.89. The molecule has 0 bridgehead atoms. The number of nitrogens with two attached hydrogens (primary N) is 1. The highest BCUT2D eigenvalue weighted by Crippen LogP contribution is 2.27. The predicted molar refractivity (Wildman–Crippen MR) is 127 cm³/mol. The molecule has 3 rings (SSSR count). The summed E-state index contributed by atoms with van der Waals surface area (Å²) >= 11 is 0. The molecule has 1 heterocycles. The summed E-state index contributed by atoms with van der Waals surface area (Å²) in [4.78, 5) is 14.1. The van der Waals surface area contributed by atoms with Gasteiger partial charge in [-0.25, -0.2) is 5.84 Å². The third-order valence-corrected chi connectivity index (χ3v) is 7.72. The molecule has 3 N–H and O–H groups in total. The van der Waals surface area contributed by atoms with Crippen molar-refractivity contribution in [3.05, 3.63) is 65.7 Å². The van der Waals surface area contributed by atoms with Gasteiger partial charge in [0.1, 0.15) is 0 Å². The number of carbonyl (C=O) groups is 1. The first kappa shape index (κ1) is 24.2. The van der Waals surface area contributed by atoms with Gasteiger partial charge in [-0.1, -0.05) is 37.3 Å². The predicted octanol–water partition coefficient (Wildman–Crippen LogP) is 2.35. The molecule has 1 saturated heterocycles. The van der Waals surface area contributed by atoms with Crippen LogP contribution in [0, 0.1) is 0 Å². The minimum atomic E-state index is -3.77. The summed E-state index contributed by atoms with van der Waals surface area (Å²) < 4.78 is 30.7. The molecule has 1 fully saturated rings. The Labute approximate surface area is 191 Å². The second-order valence-corrected chi connectivity index (χ2v) is 10.1. The van der Waals surface area contributed by atoms with Gasteiger partial charge in [0.15, 0.2) is 0 Å². The van der Waals surface area contributed by atoms with Gasteiger partial charge in [0.05, 0.1) is 12.2 Å². The average molecular weight is 460 g/mol. The molecule has 2 atom stereocenters. The minimum Gasteiger partial charge on any atom is -0.295 e. The minimum absolute atomic E-state index is 0.139. The zero-order valence-electron chi connectivity index (χ0n) is 18.9. The van der Waals surface area contributed by atoms with Crippen molar-refractivity contribution in [3.8, 4) is 0 Å². The highest BCUT2D eigenvalue weighted by atomic mass is 32.2. The van der Waals surface area contributed by atoms with E-state index in [0.717, 1.165) is 18.5 Å². The molecule has 32 heavy (non-hydrogen) atoms. The van der Waals surface area contributed by atoms with E-state index in [1.54, 1.807) is 40.7 Å². The number of para-hydroxylation sites is 1. The van der Waals surface area contributed by atoms with Gasteiger partial charge in [0.25, 0.3) is 5.91 Å². The number of nitrogens with zero attached hydrogens (tertiary/aromatic N) is 3. The number of hydrogen-bond donors (Lipinski definition) is 2. The molecular weight excluding hydrogens is 426 g/mol. The molecule has 0 spiro atoms. The third-order valence-electron chi connectivity index (χ3n) is 5.87. The topological polar surface area (TPSA) is 99.0 Å². The molecule has 2 aromatic carbocycles. The van der Waals surface area contributed by atoms with Crippen LogP contribution in [-0.4, -0.2) is 55.2 Å². The van der Waals surface area contributed by atoms with Crippen LogP contribution in [0.2, 0.25) is 0 Å². The van der Waals surface area contributed by atoms with Crippen LogP contribution in [0.15, 0.2) is 54.6 Å². The van der Waals surface area contributed by atoms with Gasteiger partial charge in [-0.05, 0) is 56.6 Å². The molecule has 2 aromatic rings. The fourth-order valence-corrected chi connectivity index (χ4v) is 6.03. The van der Waals surface area contributed by atoms with Gasteiger partial charge in [-0.15, -0.1) is 0 Å². The van der Waals surface area contributed by atoms with E-state index in [1.165, 1.54) is 4.31 Å². The lowest BCUT2D eigenvalue weighted by Crippen LogP contribution is -2.60. The Morgan fingerprint density at radius 2 is 1.66 bits per heavy atom. The number of rotatable bonds is 8. The number of piperazine rings is 1. The van der Waals surface area contributed by atoms with Gasteiger partial charge >= 0.3 is 10.2 Å². The van der Waals surface area contributed by atoms with Gasteiger partial charge in [-0.2, -0.15) is 12.7 Å². The first-order valence-electron chi connectivity index (χ1n) is 11.0. The van der Waals surface area contributed by atoms with Crippen LogP contribution in [0.25, 0.3) is 0 Å². The molecule has 1 amide bonds. The second kappa shape index (κ2) is 10.4. The quantitative estimate of drug-likeness (QED) is 0.359. The maximum absolute atomic E-state index is 13.8. The molecule has 0 saturated carbocycles. The summed E-state index contributed by atoms with van der Waals surface area (Å²) in [6.07, 6.45) is 1.04. The molecule has 174 valence electrons. The van der Waals surface area contributed by atoms with Crippen molar-refractivity contribution < 1.29 is 13.2 Å². The maximum atomic E-state index is 13.8. The summed E-state index contributed by atoms with van der Waals surface area (Å²) in [5, 5.41) is 0. The molecule has 1 aliphatic heterocycles. The fraction of sp³-hybridized carbons (Fsp3) is 0.435. The number of anilines is 1. The lowest BCUT2D eigenvalue weighted by atomic mass is 10.1. The molecule has 0 unspecified atom stereocenters. The van der Waals surface area contributed by atoms with E-state index in [0.29, 0.717) is 24.3 Å². The number of hydrogen-bond acceptors (Lipinski definition) is 5. The maximum Gasteiger partial charge on any atom is 0.304 e. The van der Waals surface area contributed by atoms with Crippen LogP contribution in [0.4, 0.5) is 5.69 Å². The van der Waals surface area contributed by atoms with E-state index in [9.17, 15) is 13.2 Å². The van der Waals surface area contributed by atoms with E-state index in [-0.39, 0.29) is 18.6 Å². The van der Waals surface area contributed by atoms with Crippen molar-refractivity contribution in [1.29, 1.82) is 0 Å². The van der Waals surface area contributed by atoms with Crippen LogP contribution >= 0.6 is 0 Å². The first-order valence-corrected chi connectivity index (χ1v) is 12.4. The van der Waals surface area contributed by atoms with Crippen LogP contribution < -0.4 is 15.6 Å². The number of hydrazine groups is 1. The van der Waals surface area contributed by atoms with Crippen molar-refractivity contribution in [1.82, 2.24) is 14.6 Å². The van der Waals surface area contributed by atoms with Crippen molar-refractivity contribution in [2.75, 3.05) is 23.9 Å².